The van der Waals surface area contributed by atoms with E-state index in [1.54, 1.807) is 19.1 Å². The number of carboxylic acid groups (broad SMARTS) is 1. The van der Waals surface area contributed by atoms with Crippen LogP contribution in [0.5, 0.6) is 5.75 Å². The van der Waals surface area contributed by atoms with Crippen LogP contribution in [-0.2, 0) is 19.0 Å². The highest BCUT2D eigenvalue weighted by molar-refractivity contribution is 5.87. The van der Waals surface area contributed by atoms with Crippen LogP contribution in [0.4, 0.5) is 0 Å². The third kappa shape index (κ3) is 7.70. The molecule has 0 bridgehead atoms. The summed E-state index contributed by atoms with van der Waals surface area (Å²) < 4.78 is 20.6. The molecule has 1 aromatic rings. The van der Waals surface area contributed by atoms with Crippen molar-refractivity contribution in [1.29, 1.82) is 0 Å². The molecule has 0 saturated heterocycles. The van der Waals surface area contributed by atoms with Crippen molar-refractivity contribution in [3.63, 3.8) is 0 Å². The molecule has 0 aromatic heterocycles. The number of nitrogens with zero attached hydrogens (tertiary/aromatic N) is 1. The lowest BCUT2D eigenvalue weighted by atomic mass is 10.2. The number of rotatable bonds is 12. The van der Waals surface area contributed by atoms with Crippen molar-refractivity contribution in [2.75, 3.05) is 33.0 Å². The maximum Gasteiger partial charge on any atom is 0.335 e. The first-order valence-electron chi connectivity index (χ1n) is 7.33. The molecule has 0 spiro atoms. The van der Waals surface area contributed by atoms with Gasteiger partial charge in [-0.15, -0.1) is 0 Å². The molecule has 0 saturated carbocycles. The second kappa shape index (κ2) is 11.1. The van der Waals surface area contributed by atoms with Gasteiger partial charge in [0.25, 0.3) is 0 Å². The fraction of sp³-hybridized carbons (Fsp3) is 0.438. The molecule has 1 N–H and O–H groups in total. The molecule has 0 aliphatic rings. The molecule has 0 radical (unpaired) electrons. The highest BCUT2D eigenvalue weighted by Crippen LogP contribution is 2.14. The number of benzene rings is 1. The highest BCUT2D eigenvalue weighted by atomic mass is 16.6. The normalized spacial score (nSPS) is 11.5. The molecule has 1 rings (SSSR count). The Bertz CT molecular complexity index is 547. The van der Waals surface area contributed by atoms with Gasteiger partial charge in [-0.05, 0) is 31.8 Å². The monoisotopic (exact) mass is 339 g/mol. The van der Waals surface area contributed by atoms with Gasteiger partial charge in [0.1, 0.15) is 19.0 Å². The summed E-state index contributed by atoms with van der Waals surface area (Å²) in [7, 11) is 0. The lowest BCUT2D eigenvalue weighted by Gasteiger charge is -2.14. The van der Waals surface area contributed by atoms with Crippen LogP contribution in [0.15, 0.2) is 29.3 Å². The molecule has 0 fully saturated rings. The predicted octanol–water partition coefficient (Wildman–Crippen LogP) is 1.39. The molecule has 0 aliphatic carbocycles. The molecular formula is C16H21NO7. The van der Waals surface area contributed by atoms with Crippen LogP contribution in [0.1, 0.15) is 17.3 Å². The van der Waals surface area contributed by atoms with Gasteiger partial charge in [0, 0.05) is 0 Å². The summed E-state index contributed by atoms with van der Waals surface area (Å²) >= 11 is 0. The SMILES string of the molecule is C=NC(COc1cccc(C(=O)O)c1)OCCOCC(=O)OCC. The van der Waals surface area contributed by atoms with Gasteiger partial charge in [-0.1, -0.05) is 6.07 Å². The Morgan fingerprint density at radius 2 is 2.12 bits per heavy atom. The number of carbonyl (C=O) groups excluding carboxylic acids is 1. The lowest BCUT2D eigenvalue weighted by Crippen LogP contribution is -2.22. The second-order valence-electron chi connectivity index (χ2n) is 4.51. The largest absolute Gasteiger partial charge is 0.489 e. The Morgan fingerprint density at radius 3 is 2.79 bits per heavy atom. The number of carbonyl (C=O) groups is 2. The zero-order chi connectivity index (χ0) is 17.8. The summed E-state index contributed by atoms with van der Waals surface area (Å²) in [6, 6.07) is 6.09. The number of carboxylic acids is 1. The van der Waals surface area contributed by atoms with Crippen LogP contribution in [0.25, 0.3) is 0 Å². The minimum absolute atomic E-state index is 0.0739. The number of hydrogen-bond donors (Lipinski definition) is 1. The summed E-state index contributed by atoms with van der Waals surface area (Å²) in [6.45, 7) is 5.76. The van der Waals surface area contributed by atoms with Crippen LogP contribution in [-0.4, -0.2) is 63.0 Å². The van der Waals surface area contributed by atoms with Gasteiger partial charge in [0.2, 0.25) is 0 Å². The highest BCUT2D eigenvalue weighted by Gasteiger charge is 2.09. The number of hydrogen-bond acceptors (Lipinski definition) is 7. The van der Waals surface area contributed by atoms with Crippen LogP contribution >= 0.6 is 0 Å². The van der Waals surface area contributed by atoms with Crippen LogP contribution < -0.4 is 4.74 Å². The smallest absolute Gasteiger partial charge is 0.335 e. The van der Waals surface area contributed by atoms with Gasteiger partial charge in [0.05, 0.1) is 25.4 Å². The van der Waals surface area contributed by atoms with E-state index >= 15 is 0 Å². The van der Waals surface area contributed by atoms with E-state index in [2.05, 4.69) is 11.7 Å². The molecule has 132 valence electrons. The quantitative estimate of drug-likeness (QED) is 0.348. The number of aliphatic imine (C=N–C) groups is 1. The van der Waals surface area contributed by atoms with Crippen LogP contribution in [0, 0.1) is 0 Å². The van der Waals surface area contributed by atoms with Gasteiger partial charge in [-0.2, -0.15) is 0 Å². The second-order valence-corrected chi connectivity index (χ2v) is 4.51. The van der Waals surface area contributed by atoms with Crippen molar-refractivity contribution in [1.82, 2.24) is 0 Å². The van der Waals surface area contributed by atoms with Gasteiger partial charge < -0.3 is 24.1 Å². The zero-order valence-electron chi connectivity index (χ0n) is 13.5. The van der Waals surface area contributed by atoms with Gasteiger partial charge in [-0.3, -0.25) is 4.99 Å². The minimum Gasteiger partial charge on any atom is -0.489 e. The van der Waals surface area contributed by atoms with E-state index in [4.69, 9.17) is 24.1 Å². The van der Waals surface area contributed by atoms with Crippen molar-refractivity contribution >= 4 is 18.7 Å². The fourth-order valence-corrected chi connectivity index (χ4v) is 1.64. The summed E-state index contributed by atoms with van der Waals surface area (Å²) in [5, 5.41) is 8.92. The van der Waals surface area contributed by atoms with Gasteiger partial charge >= 0.3 is 11.9 Å². The van der Waals surface area contributed by atoms with Crippen molar-refractivity contribution < 1.29 is 33.6 Å². The average molecular weight is 339 g/mol. The average Bonchev–Trinajstić information content (AvgIpc) is 2.57. The number of esters is 1. The van der Waals surface area contributed by atoms with E-state index in [9.17, 15) is 9.59 Å². The van der Waals surface area contributed by atoms with Crippen molar-refractivity contribution in [2.45, 2.75) is 13.2 Å². The Hall–Kier alpha value is -2.45. The molecule has 0 amide bonds. The van der Waals surface area contributed by atoms with Crippen molar-refractivity contribution in [2.24, 2.45) is 4.99 Å². The van der Waals surface area contributed by atoms with E-state index in [1.807, 2.05) is 0 Å². The Kier molecular flexibility index (Phi) is 9.10. The van der Waals surface area contributed by atoms with E-state index in [0.717, 1.165) is 0 Å². The topological polar surface area (TPSA) is 104 Å². The first-order chi connectivity index (χ1) is 11.6. The molecule has 8 nitrogen and oxygen atoms in total. The molecule has 0 aliphatic heterocycles. The Morgan fingerprint density at radius 1 is 1.33 bits per heavy atom. The van der Waals surface area contributed by atoms with E-state index in [-0.39, 0.29) is 32.0 Å². The van der Waals surface area contributed by atoms with E-state index in [1.165, 1.54) is 12.1 Å². The first kappa shape index (κ1) is 19.6. The minimum atomic E-state index is -1.03. The summed E-state index contributed by atoms with van der Waals surface area (Å²) in [4.78, 5) is 25.7. The van der Waals surface area contributed by atoms with Crippen LogP contribution in [0.2, 0.25) is 0 Å². The third-order valence-electron chi connectivity index (χ3n) is 2.74. The van der Waals surface area contributed by atoms with Crippen molar-refractivity contribution in [3.8, 4) is 5.75 Å². The van der Waals surface area contributed by atoms with E-state index in [0.29, 0.717) is 12.4 Å². The van der Waals surface area contributed by atoms with E-state index < -0.39 is 18.2 Å². The number of ether oxygens (including phenoxy) is 4. The summed E-state index contributed by atoms with van der Waals surface area (Å²) in [5.41, 5.74) is 0.129. The molecule has 1 unspecified atom stereocenters. The Labute approximate surface area is 140 Å². The predicted molar refractivity (Wildman–Crippen MR) is 85.6 cm³/mol. The summed E-state index contributed by atoms with van der Waals surface area (Å²) in [5.74, 6) is -1.07. The first-order valence-corrected chi connectivity index (χ1v) is 7.33. The van der Waals surface area contributed by atoms with Crippen molar-refractivity contribution in [3.05, 3.63) is 29.8 Å². The number of aromatic carboxylic acids is 1. The third-order valence-corrected chi connectivity index (χ3v) is 2.74. The molecule has 0 heterocycles. The molecule has 1 atom stereocenters. The fourth-order valence-electron chi connectivity index (χ4n) is 1.64. The molecule has 24 heavy (non-hydrogen) atoms. The zero-order valence-corrected chi connectivity index (χ0v) is 13.5. The molecule has 1 aromatic carbocycles. The maximum absolute atomic E-state index is 11.1. The lowest BCUT2D eigenvalue weighted by molar-refractivity contribution is -0.149. The molecule has 8 heteroatoms. The Balaban J connectivity index is 2.27. The summed E-state index contributed by atoms with van der Waals surface area (Å²) in [6.07, 6.45) is -0.635. The van der Waals surface area contributed by atoms with Gasteiger partial charge in [0.15, 0.2) is 6.23 Å². The maximum atomic E-state index is 11.1. The van der Waals surface area contributed by atoms with Gasteiger partial charge in [-0.25, -0.2) is 9.59 Å². The van der Waals surface area contributed by atoms with Crippen LogP contribution in [0.3, 0.4) is 0 Å². The standard InChI is InChI=1S/C16H21NO7/c1-3-22-15(18)11-21-7-8-23-14(17-2)10-24-13-6-4-5-12(9-13)16(19)20/h4-6,9,14H,2-3,7-8,10-11H2,1H3,(H,19,20). The molecular weight excluding hydrogens is 318 g/mol.